The van der Waals surface area contributed by atoms with E-state index in [0.29, 0.717) is 11.4 Å². The zero-order valence-electron chi connectivity index (χ0n) is 31.9. The quantitative estimate of drug-likeness (QED) is 0.154. The Hall–Kier alpha value is -7.12. The standard InChI is InChI=1S/C54H32F2N2S2/c55-41-21-7-9-23-43(41)57(45-25-13-29-51-53(45)37-19-5-11-27-49(37)59-51)47-32-40-34-16-2-4-18-36(34)48(31-39(40)33-15-1-3-17-35(33)47)58(44-24-10-8-22-42(44)56)46-26-14-30-52-54(46)38-20-6-12-28-50(38)60-52/h1-32H. The molecule has 0 saturated heterocycles. The van der Waals surface area contributed by atoms with Gasteiger partial charge < -0.3 is 9.80 Å². The van der Waals surface area contributed by atoms with E-state index >= 15 is 8.78 Å². The second-order valence-electron chi connectivity index (χ2n) is 15.0. The lowest BCUT2D eigenvalue weighted by Crippen LogP contribution is -2.13. The normalized spacial score (nSPS) is 11.8. The van der Waals surface area contributed by atoms with Crippen molar-refractivity contribution in [2.75, 3.05) is 9.80 Å². The molecule has 0 spiro atoms. The fourth-order valence-electron chi connectivity index (χ4n) is 9.21. The van der Waals surface area contributed by atoms with Crippen LogP contribution in [0.1, 0.15) is 0 Å². The van der Waals surface area contributed by atoms with E-state index in [1.165, 1.54) is 21.5 Å². The number of fused-ring (bicyclic) bond motifs is 11. The molecule has 0 aliphatic rings. The van der Waals surface area contributed by atoms with Gasteiger partial charge in [-0.25, -0.2) is 8.78 Å². The molecular weight excluding hydrogens is 779 g/mol. The number of benzene rings is 10. The molecule has 6 heteroatoms. The molecule has 0 aliphatic heterocycles. The van der Waals surface area contributed by atoms with Crippen molar-refractivity contribution in [3.05, 3.63) is 206 Å². The average Bonchev–Trinajstić information content (AvgIpc) is 3.87. The van der Waals surface area contributed by atoms with Crippen LogP contribution in [-0.4, -0.2) is 0 Å². The van der Waals surface area contributed by atoms with Gasteiger partial charge in [0, 0.05) is 51.1 Å². The Balaban J connectivity index is 1.20. The largest absolute Gasteiger partial charge is 0.306 e. The summed E-state index contributed by atoms with van der Waals surface area (Å²) >= 11 is 3.50. The third kappa shape index (κ3) is 5.28. The summed E-state index contributed by atoms with van der Waals surface area (Å²) in [5.41, 5.74) is 4.47. The number of anilines is 6. The molecular formula is C54H32F2N2S2. The van der Waals surface area contributed by atoms with E-state index in [4.69, 9.17) is 0 Å². The first kappa shape index (κ1) is 34.9. The van der Waals surface area contributed by atoms with Crippen molar-refractivity contribution in [1.29, 1.82) is 0 Å². The lowest BCUT2D eigenvalue weighted by molar-refractivity contribution is 0.628. The monoisotopic (exact) mass is 810 g/mol. The summed E-state index contributed by atoms with van der Waals surface area (Å²) in [7, 11) is 0. The van der Waals surface area contributed by atoms with Crippen molar-refractivity contribution in [2.24, 2.45) is 0 Å². The minimum Gasteiger partial charge on any atom is -0.306 e. The summed E-state index contributed by atoms with van der Waals surface area (Å²) in [6, 6.07) is 64.9. The molecule has 0 amide bonds. The van der Waals surface area contributed by atoms with Gasteiger partial charge in [0.25, 0.3) is 0 Å². The molecule has 0 bridgehead atoms. The van der Waals surface area contributed by atoms with Crippen molar-refractivity contribution < 1.29 is 8.78 Å². The molecule has 2 nitrogen and oxygen atoms in total. The second-order valence-corrected chi connectivity index (χ2v) is 17.2. The summed E-state index contributed by atoms with van der Waals surface area (Å²) in [6.45, 7) is 0. The summed E-state index contributed by atoms with van der Waals surface area (Å²) in [5, 5.41) is 10.4. The van der Waals surface area contributed by atoms with Gasteiger partial charge in [-0.15, -0.1) is 22.7 Å². The molecule has 0 N–H and O–H groups in total. The molecule has 0 saturated carbocycles. The van der Waals surface area contributed by atoms with Crippen LogP contribution in [0.2, 0.25) is 0 Å². The molecule has 0 aliphatic carbocycles. The van der Waals surface area contributed by atoms with E-state index in [-0.39, 0.29) is 11.6 Å². The fraction of sp³-hybridized carbons (Fsp3) is 0. The molecule has 284 valence electrons. The highest BCUT2D eigenvalue weighted by Crippen LogP contribution is 2.52. The molecule has 2 heterocycles. The first-order valence-corrected chi connectivity index (χ1v) is 21.5. The predicted molar refractivity (Wildman–Crippen MR) is 254 cm³/mol. The highest BCUT2D eigenvalue weighted by Gasteiger charge is 2.27. The van der Waals surface area contributed by atoms with Gasteiger partial charge in [0.2, 0.25) is 0 Å². The van der Waals surface area contributed by atoms with Gasteiger partial charge in [-0.2, -0.15) is 0 Å². The zero-order chi connectivity index (χ0) is 39.9. The van der Waals surface area contributed by atoms with Crippen molar-refractivity contribution in [2.45, 2.75) is 0 Å². The Kier molecular flexibility index (Phi) is 7.99. The first-order chi connectivity index (χ1) is 29.6. The van der Waals surface area contributed by atoms with E-state index < -0.39 is 0 Å². The Morgan fingerprint density at radius 2 is 0.600 bits per heavy atom. The van der Waals surface area contributed by atoms with Crippen LogP contribution in [0.4, 0.5) is 42.9 Å². The third-order valence-electron chi connectivity index (χ3n) is 11.8. The predicted octanol–water partition coefficient (Wildman–Crippen LogP) is 17.1. The Morgan fingerprint density at radius 3 is 1.03 bits per heavy atom. The molecule has 2 aromatic heterocycles. The first-order valence-electron chi connectivity index (χ1n) is 19.9. The highest BCUT2D eigenvalue weighted by molar-refractivity contribution is 7.26. The molecule has 12 aromatic rings. The zero-order valence-corrected chi connectivity index (χ0v) is 33.6. The topological polar surface area (TPSA) is 6.48 Å². The summed E-state index contributed by atoms with van der Waals surface area (Å²) < 4.78 is 37.5. The third-order valence-corrected chi connectivity index (χ3v) is 14.0. The minimum absolute atomic E-state index is 0.311. The molecule has 0 radical (unpaired) electrons. The van der Waals surface area contributed by atoms with Gasteiger partial charge in [0.1, 0.15) is 11.6 Å². The number of nitrogens with zero attached hydrogens (tertiary/aromatic N) is 2. The number of rotatable bonds is 6. The molecule has 10 aromatic carbocycles. The molecule has 0 unspecified atom stereocenters. The molecule has 0 atom stereocenters. The highest BCUT2D eigenvalue weighted by atomic mass is 32.1. The summed E-state index contributed by atoms with van der Waals surface area (Å²) in [5.74, 6) is -0.622. The van der Waals surface area contributed by atoms with Crippen LogP contribution in [-0.2, 0) is 0 Å². The lowest BCUT2D eigenvalue weighted by atomic mass is 9.93. The van der Waals surface area contributed by atoms with Gasteiger partial charge in [0.15, 0.2) is 0 Å². The van der Waals surface area contributed by atoms with E-state index in [1.807, 2.05) is 36.4 Å². The maximum absolute atomic E-state index is 16.4. The van der Waals surface area contributed by atoms with Crippen LogP contribution in [0.15, 0.2) is 194 Å². The number of para-hydroxylation sites is 2. The van der Waals surface area contributed by atoms with Crippen LogP contribution < -0.4 is 9.80 Å². The average molecular weight is 811 g/mol. The van der Waals surface area contributed by atoms with Crippen molar-refractivity contribution in [3.8, 4) is 0 Å². The van der Waals surface area contributed by atoms with Crippen molar-refractivity contribution in [3.63, 3.8) is 0 Å². The van der Waals surface area contributed by atoms with E-state index in [9.17, 15) is 0 Å². The Labute approximate surface area is 352 Å². The van der Waals surface area contributed by atoms with Gasteiger partial charge >= 0.3 is 0 Å². The maximum atomic E-state index is 16.4. The SMILES string of the molecule is Fc1ccccc1N(c1cc2c3ccccc3c(N(c3ccccc3F)c3cccc4sc5ccccc5c34)cc2c2ccccc12)c1cccc2sc3ccccc3c12. The van der Waals surface area contributed by atoms with Crippen molar-refractivity contribution >= 4 is 129 Å². The van der Waals surface area contributed by atoms with Gasteiger partial charge in [-0.1, -0.05) is 121 Å². The molecule has 60 heavy (non-hydrogen) atoms. The fourth-order valence-corrected chi connectivity index (χ4v) is 11.5. The van der Waals surface area contributed by atoms with Crippen LogP contribution >= 0.6 is 22.7 Å². The maximum Gasteiger partial charge on any atom is 0.147 e. The van der Waals surface area contributed by atoms with Crippen LogP contribution in [0, 0.1) is 11.6 Å². The number of thiophene rings is 2. The summed E-state index contributed by atoms with van der Waals surface area (Å²) in [4.78, 5) is 4.21. The number of hydrogen-bond donors (Lipinski definition) is 0. The second kappa shape index (κ2) is 13.7. The minimum atomic E-state index is -0.311. The number of hydrogen-bond acceptors (Lipinski definition) is 4. The van der Waals surface area contributed by atoms with Crippen LogP contribution in [0.25, 0.3) is 72.7 Å². The van der Waals surface area contributed by atoms with Crippen LogP contribution in [0.5, 0.6) is 0 Å². The van der Waals surface area contributed by atoms with Gasteiger partial charge in [-0.05, 0) is 94.3 Å². The van der Waals surface area contributed by atoms with E-state index in [1.54, 1.807) is 34.8 Å². The van der Waals surface area contributed by atoms with E-state index in [0.717, 1.165) is 86.0 Å². The lowest BCUT2D eigenvalue weighted by Gasteiger charge is -2.30. The van der Waals surface area contributed by atoms with E-state index in [2.05, 4.69) is 143 Å². The smallest absolute Gasteiger partial charge is 0.147 e. The van der Waals surface area contributed by atoms with Crippen LogP contribution in [0.3, 0.4) is 0 Å². The molecule has 12 rings (SSSR count). The van der Waals surface area contributed by atoms with Gasteiger partial charge in [0.05, 0.1) is 34.1 Å². The Bertz CT molecular complexity index is 3440. The Morgan fingerprint density at radius 1 is 0.267 bits per heavy atom. The summed E-state index contributed by atoms with van der Waals surface area (Å²) in [6.07, 6.45) is 0. The van der Waals surface area contributed by atoms with Gasteiger partial charge in [-0.3, -0.25) is 0 Å². The van der Waals surface area contributed by atoms with Crippen molar-refractivity contribution in [1.82, 2.24) is 0 Å². The number of halogens is 2. The molecule has 0 fully saturated rings.